The molecule has 0 aliphatic carbocycles. The van der Waals surface area contributed by atoms with Gasteiger partial charge in [-0.15, -0.1) is 0 Å². The van der Waals surface area contributed by atoms with E-state index < -0.39 is 0 Å². The molecule has 0 aromatic heterocycles. The van der Waals surface area contributed by atoms with Crippen LogP contribution in [0, 0.1) is 3.57 Å². The van der Waals surface area contributed by atoms with Crippen LogP contribution in [0.1, 0.15) is 37.5 Å². The molecule has 0 atom stereocenters. The predicted octanol–water partition coefficient (Wildman–Crippen LogP) is 6.30. The summed E-state index contributed by atoms with van der Waals surface area (Å²) in [4.78, 5) is 16.8. The van der Waals surface area contributed by atoms with Gasteiger partial charge < -0.3 is 0 Å². The number of hydrogen-bond acceptors (Lipinski definition) is 3. The van der Waals surface area contributed by atoms with Crippen LogP contribution >= 0.6 is 46.0 Å². The van der Waals surface area contributed by atoms with Crippen molar-refractivity contribution in [1.82, 2.24) is 0 Å². The van der Waals surface area contributed by atoms with Gasteiger partial charge in [-0.2, -0.15) is 0 Å². The van der Waals surface area contributed by atoms with Crippen LogP contribution in [0.25, 0.3) is 6.08 Å². The van der Waals surface area contributed by atoms with Crippen molar-refractivity contribution >= 4 is 62.2 Å². The van der Waals surface area contributed by atoms with Gasteiger partial charge in [0.1, 0.15) is 10.7 Å². The molecule has 5 heteroatoms. The molecule has 2 nitrogen and oxygen atoms in total. The lowest BCUT2D eigenvalue weighted by Crippen LogP contribution is -2.10. The lowest BCUT2D eigenvalue weighted by Gasteiger charge is -2.18. The summed E-state index contributed by atoms with van der Waals surface area (Å²) < 4.78 is 1.06. The first-order valence-corrected chi connectivity index (χ1v) is 10.1. The molecule has 0 bridgehead atoms. The first-order valence-electron chi connectivity index (χ1n) is 7.82. The van der Waals surface area contributed by atoms with Crippen molar-refractivity contribution in [3.05, 3.63) is 73.4 Å². The van der Waals surface area contributed by atoms with Crippen LogP contribution in [0.2, 0.25) is 5.02 Å². The number of hydrogen-bond donors (Lipinski definition) is 0. The van der Waals surface area contributed by atoms with Crippen LogP contribution in [-0.4, -0.2) is 10.2 Å². The van der Waals surface area contributed by atoms with E-state index in [1.807, 2.05) is 36.4 Å². The summed E-state index contributed by atoms with van der Waals surface area (Å²) in [7, 11) is 0. The third-order valence-corrected chi connectivity index (χ3v) is 5.76. The van der Waals surface area contributed by atoms with Crippen molar-refractivity contribution < 1.29 is 4.79 Å². The molecule has 0 saturated heterocycles. The van der Waals surface area contributed by atoms with Gasteiger partial charge >= 0.3 is 0 Å². The Balaban J connectivity index is 1.92. The normalized spacial score (nSPS) is 16.4. The highest BCUT2D eigenvalue weighted by Crippen LogP contribution is 2.33. The summed E-state index contributed by atoms with van der Waals surface area (Å²) in [5.74, 6) is 0. The van der Waals surface area contributed by atoms with Crippen LogP contribution in [0.3, 0.4) is 0 Å². The predicted molar refractivity (Wildman–Crippen MR) is 116 cm³/mol. The Morgan fingerprint density at radius 1 is 1.12 bits per heavy atom. The number of halogens is 2. The van der Waals surface area contributed by atoms with E-state index in [9.17, 15) is 4.79 Å². The number of thioether (sulfide) groups is 1. The number of carbonyl (C=O) groups excluding carboxylic acids is 1. The highest BCUT2D eigenvalue weighted by Gasteiger charge is 2.25. The summed E-state index contributed by atoms with van der Waals surface area (Å²) in [6.07, 6.45) is 1.83. The number of benzene rings is 2. The Labute approximate surface area is 170 Å². The molecule has 0 spiro atoms. The van der Waals surface area contributed by atoms with Gasteiger partial charge in [0, 0.05) is 9.13 Å². The third-order valence-electron chi connectivity index (χ3n) is 3.86. The quantitative estimate of drug-likeness (QED) is 0.372. The minimum Gasteiger partial charge on any atom is -0.279 e. The Morgan fingerprint density at radius 3 is 2.44 bits per heavy atom. The Morgan fingerprint density at radius 2 is 1.80 bits per heavy atom. The minimum atomic E-state index is -0.0511. The van der Waals surface area contributed by atoms with Crippen molar-refractivity contribution in [2.45, 2.75) is 26.2 Å². The van der Waals surface area contributed by atoms with E-state index in [0.29, 0.717) is 15.8 Å². The average Bonchev–Trinajstić information content (AvgIpc) is 2.90. The first kappa shape index (κ1) is 18.7. The summed E-state index contributed by atoms with van der Waals surface area (Å²) in [6, 6.07) is 14.0. The molecule has 0 fully saturated rings. The SMILES string of the molecule is CC(C)(C)c1ccc(/C=C2/N=C(c3cc(I)ccc3Cl)SC2=O)cc1. The molecule has 1 heterocycles. The number of aliphatic imine (C=N–C) groups is 1. The van der Waals surface area contributed by atoms with Crippen LogP contribution in [0.15, 0.2) is 53.2 Å². The smallest absolute Gasteiger partial charge is 0.244 e. The van der Waals surface area contributed by atoms with Crippen LogP contribution in [0.5, 0.6) is 0 Å². The standard InChI is InChI=1S/C20H17ClINOS/c1-20(2,3)13-6-4-12(5-7-13)10-17-19(24)25-18(23-17)15-11-14(22)8-9-16(15)21/h4-11H,1-3H3/b17-10+. The molecule has 0 saturated carbocycles. The second kappa shape index (κ2) is 7.25. The Kier molecular flexibility index (Phi) is 5.42. The van der Waals surface area contributed by atoms with Gasteiger partial charge in [-0.1, -0.05) is 56.6 Å². The van der Waals surface area contributed by atoms with Crippen LogP contribution < -0.4 is 0 Å². The molecule has 1 aliphatic rings. The van der Waals surface area contributed by atoms with E-state index >= 15 is 0 Å². The van der Waals surface area contributed by atoms with Crippen LogP contribution in [-0.2, 0) is 10.2 Å². The lowest BCUT2D eigenvalue weighted by atomic mass is 9.87. The number of nitrogens with zero attached hydrogens (tertiary/aromatic N) is 1. The molecule has 0 radical (unpaired) electrons. The summed E-state index contributed by atoms with van der Waals surface area (Å²) in [6.45, 7) is 6.54. The van der Waals surface area contributed by atoms with E-state index in [0.717, 1.165) is 26.5 Å². The largest absolute Gasteiger partial charge is 0.279 e. The summed E-state index contributed by atoms with van der Waals surface area (Å²) in [5, 5.41) is 1.21. The Bertz CT molecular complexity index is 895. The van der Waals surface area contributed by atoms with E-state index in [4.69, 9.17) is 11.6 Å². The van der Waals surface area contributed by atoms with Crippen molar-refractivity contribution in [1.29, 1.82) is 0 Å². The van der Waals surface area contributed by atoms with Gasteiger partial charge in [-0.3, -0.25) is 4.79 Å². The van der Waals surface area contributed by atoms with Gasteiger partial charge in [0.2, 0.25) is 5.12 Å². The molecule has 0 amide bonds. The minimum absolute atomic E-state index is 0.0511. The molecule has 2 aromatic rings. The molecular weight excluding hydrogens is 465 g/mol. The van der Waals surface area contributed by atoms with Gasteiger partial charge in [0.15, 0.2) is 0 Å². The number of rotatable bonds is 2. The summed E-state index contributed by atoms with van der Waals surface area (Å²) in [5.41, 5.74) is 3.60. The fraction of sp³-hybridized carbons (Fsp3) is 0.200. The average molecular weight is 482 g/mol. The van der Waals surface area contributed by atoms with Crippen molar-refractivity contribution in [2.75, 3.05) is 0 Å². The van der Waals surface area contributed by atoms with Gasteiger partial charge in [0.05, 0.1) is 5.02 Å². The molecule has 1 aliphatic heterocycles. The van der Waals surface area contributed by atoms with Crippen molar-refractivity contribution in [2.24, 2.45) is 4.99 Å². The summed E-state index contributed by atoms with van der Waals surface area (Å²) >= 11 is 9.62. The maximum atomic E-state index is 12.3. The molecule has 128 valence electrons. The van der Waals surface area contributed by atoms with Crippen LogP contribution in [0.4, 0.5) is 0 Å². The highest BCUT2D eigenvalue weighted by atomic mass is 127. The zero-order valence-corrected chi connectivity index (χ0v) is 17.9. The maximum Gasteiger partial charge on any atom is 0.244 e. The fourth-order valence-electron chi connectivity index (χ4n) is 2.42. The molecule has 25 heavy (non-hydrogen) atoms. The van der Waals surface area contributed by atoms with E-state index in [-0.39, 0.29) is 10.5 Å². The topological polar surface area (TPSA) is 29.4 Å². The van der Waals surface area contributed by atoms with E-state index in [2.05, 4.69) is 60.5 Å². The first-order chi connectivity index (χ1) is 11.7. The molecular formula is C20H17ClINOS. The monoisotopic (exact) mass is 481 g/mol. The molecule has 3 rings (SSSR count). The van der Waals surface area contributed by atoms with Gasteiger partial charge in [-0.05, 0) is 75.2 Å². The van der Waals surface area contributed by atoms with Gasteiger partial charge in [-0.25, -0.2) is 4.99 Å². The molecule has 0 unspecified atom stereocenters. The lowest BCUT2D eigenvalue weighted by molar-refractivity contribution is -0.107. The van der Waals surface area contributed by atoms with Crippen molar-refractivity contribution in [3.63, 3.8) is 0 Å². The zero-order chi connectivity index (χ0) is 18.2. The maximum absolute atomic E-state index is 12.3. The van der Waals surface area contributed by atoms with E-state index in [1.165, 1.54) is 5.56 Å². The fourth-order valence-corrected chi connectivity index (χ4v) is 3.98. The second-order valence-corrected chi connectivity index (χ2v) is 9.45. The second-order valence-electron chi connectivity index (χ2n) is 6.83. The van der Waals surface area contributed by atoms with Crippen molar-refractivity contribution in [3.8, 4) is 0 Å². The molecule has 2 aromatic carbocycles. The third kappa shape index (κ3) is 4.36. The zero-order valence-electron chi connectivity index (χ0n) is 14.1. The highest BCUT2D eigenvalue weighted by molar-refractivity contribution is 14.1. The van der Waals surface area contributed by atoms with E-state index in [1.54, 1.807) is 0 Å². The Hall–Kier alpha value is -1.11. The number of carbonyl (C=O) groups is 1. The molecule has 0 N–H and O–H groups in total. The van der Waals surface area contributed by atoms with Gasteiger partial charge in [0.25, 0.3) is 0 Å².